The highest BCUT2D eigenvalue weighted by Crippen LogP contribution is 2.34. The van der Waals surface area contributed by atoms with Gasteiger partial charge in [0.25, 0.3) is 0 Å². The highest BCUT2D eigenvalue weighted by Gasteiger charge is 2.21. The Balaban J connectivity index is 1.41. The van der Waals surface area contributed by atoms with Crippen LogP contribution in [0.25, 0.3) is 5.57 Å². The molecule has 0 atom stereocenters. The number of fused-ring (bicyclic) bond motifs is 1. The molecule has 0 bridgehead atoms. The first kappa shape index (κ1) is 23.8. The minimum absolute atomic E-state index is 0.521. The van der Waals surface area contributed by atoms with Gasteiger partial charge in [-0.15, -0.1) is 0 Å². The van der Waals surface area contributed by atoms with E-state index in [-0.39, 0.29) is 0 Å². The molecule has 2 aromatic rings. The Morgan fingerprint density at radius 1 is 0.970 bits per heavy atom. The second-order valence-corrected chi connectivity index (χ2v) is 10.2. The number of aryl methyl sites for hydroxylation is 1. The predicted molar refractivity (Wildman–Crippen MR) is 137 cm³/mol. The van der Waals surface area contributed by atoms with E-state index in [0.717, 1.165) is 42.9 Å². The predicted octanol–water partition coefficient (Wildman–Crippen LogP) is 5.44. The Kier molecular flexibility index (Phi) is 7.77. The van der Waals surface area contributed by atoms with Crippen molar-refractivity contribution >= 4 is 5.57 Å². The molecule has 2 aromatic carbocycles. The zero-order chi connectivity index (χ0) is 23.4. The van der Waals surface area contributed by atoms with Gasteiger partial charge < -0.3 is 14.4 Å². The maximum Gasteiger partial charge on any atom is 0.125 e. The summed E-state index contributed by atoms with van der Waals surface area (Å²) in [6, 6.07) is 13.1. The average Bonchev–Trinajstić information content (AvgIpc) is 2.81. The van der Waals surface area contributed by atoms with Crippen molar-refractivity contribution in [1.29, 1.82) is 0 Å². The zero-order valence-corrected chi connectivity index (χ0v) is 21.1. The van der Waals surface area contributed by atoms with Crippen molar-refractivity contribution in [3.05, 3.63) is 64.2 Å². The van der Waals surface area contributed by atoms with E-state index >= 15 is 0 Å². The quantitative estimate of drug-likeness (QED) is 0.537. The van der Waals surface area contributed by atoms with Crippen LogP contribution in [-0.4, -0.2) is 56.7 Å². The van der Waals surface area contributed by atoms with Gasteiger partial charge in [0.2, 0.25) is 0 Å². The van der Waals surface area contributed by atoms with Crippen LogP contribution in [0.4, 0.5) is 0 Å². The second-order valence-electron chi connectivity index (χ2n) is 10.2. The molecule has 0 aromatic heterocycles. The third kappa shape index (κ3) is 5.99. The minimum Gasteiger partial charge on any atom is -0.496 e. The number of benzene rings is 2. The van der Waals surface area contributed by atoms with E-state index in [1.165, 1.54) is 48.4 Å². The number of hydrogen-bond acceptors (Lipinski definition) is 4. The Morgan fingerprint density at radius 2 is 1.76 bits per heavy atom. The van der Waals surface area contributed by atoms with Crippen molar-refractivity contribution in [2.75, 3.05) is 46.9 Å². The molecular formula is C29H40N2O2. The van der Waals surface area contributed by atoms with Crippen LogP contribution < -0.4 is 9.47 Å². The monoisotopic (exact) mass is 448 g/mol. The lowest BCUT2D eigenvalue weighted by Crippen LogP contribution is -2.45. The molecule has 1 aliphatic heterocycles. The molecule has 4 heteroatoms. The van der Waals surface area contributed by atoms with E-state index in [1.807, 2.05) is 0 Å². The van der Waals surface area contributed by atoms with Gasteiger partial charge in [0.1, 0.15) is 18.1 Å². The van der Waals surface area contributed by atoms with Gasteiger partial charge in [0.05, 0.1) is 7.11 Å². The Morgan fingerprint density at radius 3 is 2.48 bits per heavy atom. The van der Waals surface area contributed by atoms with E-state index in [0.29, 0.717) is 12.5 Å². The fraction of sp³-hybridized carbons (Fsp3) is 0.517. The Bertz CT molecular complexity index is 987. The molecule has 1 saturated heterocycles. The molecule has 0 N–H and O–H groups in total. The molecule has 0 spiro atoms. The van der Waals surface area contributed by atoms with Gasteiger partial charge in [-0.3, -0.25) is 4.90 Å². The highest BCUT2D eigenvalue weighted by atomic mass is 16.5. The summed E-state index contributed by atoms with van der Waals surface area (Å²) in [7, 11) is 3.96. The van der Waals surface area contributed by atoms with E-state index in [1.54, 1.807) is 12.7 Å². The SMILES string of the molecule is COc1cc(CC(C)C)ccc1COc1ccc2c(c1)CCC(CN1CCN(C)CC1)=C2C. The van der Waals surface area contributed by atoms with Gasteiger partial charge in [-0.1, -0.05) is 37.6 Å². The summed E-state index contributed by atoms with van der Waals surface area (Å²) >= 11 is 0. The summed E-state index contributed by atoms with van der Waals surface area (Å²) in [5.41, 5.74) is 8.28. The second kappa shape index (κ2) is 10.8. The average molecular weight is 449 g/mol. The summed E-state index contributed by atoms with van der Waals surface area (Å²) < 4.78 is 11.9. The third-order valence-corrected chi connectivity index (χ3v) is 7.11. The third-order valence-electron chi connectivity index (χ3n) is 7.11. The van der Waals surface area contributed by atoms with Crippen LogP contribution in [0.2, 0.25) is 0 Å². The lowest BCUT2D eigenvalue weighted by atomic mass is 9.86. The van der Waals surface area contributed by atoms with Crippen LogP contribution >= 0.6 is 0 Å². The normalized spacial score (nSPS) is 17.4. The van der Waals surface area contributed by atoms with E-state index in [4.69, 9.17) is 9.47 Å². The lowest BCUT2D eigenvalue weighted by molar-refractivity contribution is 0.163. The molecule has 0 amide bonds. The van der Waals surface area contributed by atoms with E-state index in [9.17, 15) is 0 Å². The van der Waals surface area contributed by atoms with Crippen molar-refractivity contribution in [2.24, 2.45) is 5.92 Å². The maximum absolute atomic E-state index is 6.21. The molecule has 2 aliphatic rings. The maximum atomic E-state index is 6.21. The van der Waals surface area contributed by atoms with Gasteiger partial charge in [-0.25, -0.2) is 0 Å². The van der Waals surface area contributed by atoms with Crippen LogP contribution in [0.15, 0.2) is 42.0 Å². The van der Waals surface area contributed by atoms with Gasteiger partial charge in [-0.2, -0.15) is 0 Å². The van der Waals surface area contributed by atoms with Gasteiger partial charge >= 0.3 is 0 Å². The largest absolute Gasteiger partial charge is 0.496 e. The van der Waals surface area contributed by atoms with E-state index in [2.05, 4.69) is 74.0 Å². The molecule has 0 unspecified atom stereocenters. The van der Waals surface area contributed by atoms with Gasteiger partial charge in [0, 0.05) is 38.3 Å². The minimum atomic E-state index is 0.521. The summed E-state index contributed by atoms with van der Waals surface area (Å²) in [4.78, 5) is 5.03. The van der Waals surface area contributed by atoms with Crippen LogP contribution in [0.1, 0.15) is 49.4 Å². The smallest absolute Gasteiger partial charge is 0.125 e. The number of methoxy groups -OCH3 is 1. The number of piperazine rings is 1. The van der Waals surface area contributed by atoms with Crippen molar-refractivity contribution < 1.29 is 9.47 Å². The number of hydrogen-bond donors (Lipinski definition) is 0. The number of ether oxygens (including phenoxy) is 2. The van der Waals surface area contributed by atoms with Crippen molar-refractivity contribution in [3.8, 4) is 11.5 Å². The van der Waals surface area contributed by atoms with Crippen LogP contribution in [0.5, 0.6) is 11.5 Å². The lowest BCUT2D eigenvalue weighted by Gasteiger charge is -2.34. The Labute approximate surface area is 200 Å². The first-order valence-corrected chi connectivity index (χ1v) is 12.4. The number of likely N-dealkylation sites (N-methyl/N-ethyl adjacent to an activating group) is 1. The summed E-state index contributed by atoms with van der Waals surface area (Å²) in [6.45, 7) is 13.1. The van der Waals surface area contributed by atoms with Gasteiger partial charge in [0.15, 0.2) is 0 Å². The molecule has 0 saturated carbocycles. The number of allylic oxidation sites excluding steroid dienone is 1. The summed E-state index contributed by atoms with van der Waals surface area (Å²) in [5, 5.41) is 0. The molecular weight excluding hydrogens is 408 g/mol. The standard InChI is InChI=1S/C29H40N2O2/c1-21(2)16-23-6-7-26(29(17-23)32-5)20-33-27-10-11-28-22(3)25(9-8-24(28)18-27)19-31-14-12-30(4)13-15-31/h6-7,10-11,17-18,21H,8-9,12-16,19-20H2,1-5H3. The number of nitrogens with zero attached hydrogens (tertiary/aromatic N) is 2. The molecule has 0 radical (unpaired) electrons. The van der Waals surface area contributed by atoms with Crippen LogP contribution in [-0.2, 0) is 19.4 Å². The first-order valence-electron chi connectivity index (χ1n) is 12.4. The van der Waals surface area contributed by atoms with Gasteiger partial charge in [-0.05, 0) is 79.6 Å². The summed E-state index contributed by atoms with van der Waals surface area (Å²) in [6.07, 6.45) is 3.31. The fourth-order valence-corrected chi connectivity index (χ4v) is 5.04. The van der Waals surface area contributed by atoms with Crippen LogP contribution in [0.3, 0.4) is 0 Å². The molecule has 1 aliphatic carbocycles. The van der Waals surface area contributed by atoms with E-state index < -0.39 is 0 Å². The highest BCUT2D eigenvalue weighted by molar-refractivity contribution is 5.72. The van der Waals surface area contributed by atoms with Crippen molar-refractivity contribution in [1.82, 2.24) is 9.80 Å². The summed E-state index contributed by atoms with van der Waals surface area (Å²) in [5.74, 6) is 2.49. The molecule has 1 fully saturated rings. The van der Waals surface area contributed by atoms with Crippen LogP contribution in [0, 0.1) is 5.92 Å². The molecule has 178 valence electrons. The topological polar surface area (TPSA) is 24.9 Å². The van der Waals surface area contributed by atoms with Crippen molar-refractivity contribution in [3.63, 3.8) is 0 Å². The molecule has 1 heterocycles. The molecule has 4 rings (SSSR count). The number of rotatable bonds is 8. The van der Waals surface area contributed by atoms with Crippen molar-refractivity contribution in [2.45, 2.75) is 46.6 Å². The first-order chi connectivity index (χ1) is 15.9. The molecule has 33 heavy (non-hydrogen) atoms. The Hall–Kier alpha value is -2.30. The zero-order valence-electron chi connectivity index (χ0n) is 21.1. The fourth-order valence-electron chi connectivity index (χ4n) is 5.04. The molecule has 4 nitrogen and oxygen atoms in total.